The number of rotatable bonds is 2. The van der Waals surface area contributed by atoms with Crippen molar-refractivity contribution in [3.8, 4) is 17.0 Å². The van der Waals surface area contributed by atoms with Gasteiger partial charge >= 0.3 is 0 Å². The predicted molar refractivity (Wildman–Crippen MR) is 81.4 cm³/mol. The summed E-state index contributed by atoms with van der Waals surface area (Å²) in [4.78, 5) is 4.72. The number of benzene rings is 1. The summed E-state index contributed by atoms with van der Waals surface area (Å²) in [6.07, 6.45) is 2.07. The molecule has 3 heteroatoms. The molecule has 0 bridgehead atoms. The topological polar surface area (TPSA) is 26.5 Å². The first-order valence-electron chi connectivity index (χ1n) is 6.70. The Hall–Kier alpha value is -2.29. The van der Waals surface area contributed by atoms with E-state index in [0.717, 1.165) is 28.2 Å². The SMILES string of the molecule is COc1c(C)cc(C)cc1-c1cn2c(C)cccc2n1. The van der Waals surface area contributed by atoms with Gasteiger partial charge in [0.1, 0.15) is 11.4 Å². The molecule has 0 atom stereocenters. The lowest BCUT2D eigenvalue weighted by Crippen LogP contribution is -1.93. The summed E-state index contributed by atoms with van der Waals surface area (Å²) in [5.74, 6) is 0.900. The molecule has 20 heavy (non-hydrogen) atoms. The highest BCUT2D eigenvalue weighted by atomic mass is 16.5. The fourth-order valence-corrected chi connectivity index (χ4v) is 2.69. The van der Waals surface area contributed by atoms with Gasteiger partial charge in [0, 0.05) is 17.5 Å². The minimum absolute atomic E-state index is 0.900. The van der Waals surface area contributed by atoms with Crippen molar-refractivity contribution in [3.05, 3.63) is 53.3 Å². The molecule has 0 amide bonds. The van der Waals surface area contributed by atoms with Crippen LogP contribution in [0.3, 0.4) is 0 Å². The second-order valence-electron chi connectivity index (χ2n) is 5.18. The molecule has 102 valence electrons. The van der Waals surface area contributed by atoms with E-state index in [2.05, 4.69) is 49.6 Å². The molecule has 3 rings (SSSR count). The second-order valence-corrected chi connectivity index (χ2v) is 5.18. The summed E-state index contributed by atoms with van der Waals surface area (Å²) in [7, 11) is 1.71. The van der Waals surface area contributed by atoms with Crippen LogP contribution in [0.1, 0.15) is 16.8 Å². The number of imidazole rings is 1. The van der Waals surface area contributed by atoms with E-state index in [1.54, 1.807) is 7.11 Å². The van der Waals surface area contributed by atoms with Crippen LogP contribution in [-0.4, -0.2) is 16.5 Å². The Morgan fingerprint density at radius 3 is 2.60 bits per heavy atom. The van der Waals surface area contributed by atoms with E-state index >= 15 is 0 Å². The summed E-state index contributed by atoms with van der Waals surface area (Å²) < 4.78 is 7.67. The van der Waals surface area contributed by atoms with Gasteiger partial charge < -0.3 is 9.14 Å². The van der Waals surface area contributed by atoms with Crippen molar-refractivity contribution in [1.29, 1.82) is 0 Å². The minimum atomic E-state index is 0.900. The highest BCUT2D eigenvalue weighted by Gasteiger charge is 2.13. The van der Waals surface area contributed by atoms with E-state index in [4.69, 9.17) is 9.72 Å². The molecule has 0 radical (unpaired) electrons. The molecule has 0 N–H and O–H groups in total. The van der Waals surface area contributed by atoms with E-state index in [-0.39, 0.29) is 0 Å². The van der Waals surface area contributed by atoms with Crippen molar-refractivity contribution < 1.29 is 4.74 Å². The molecular formula is C17H18N2O. The van der Waals surface area contributed by atoms with Crippen LogP contribution in [0.25, 0.3) is 16.9 Å². The monoisotopic (exact) mass is 266 g/mol. The molecule has 3 aromatic rings. The van der Waals surface area contributed by atoms with E-state index in [1.165, 1.54) is 11.3 Å². The number of hydrogen-bond donors (Lipinski definition) is 0. The minimum Gasteiger partial charge on any atom is -0.496 e. The first kappa shape index (κ1) is 12.7. The zero-order valence-corrected chi connectivity index (χ0v) is 12.3. The zero-order chi connectivity index (χ0) is 14.3. The first-order valence-corrected chi connectivity index (χ1v) is 6.70. The molecular weight excluding hydrogens is 248 g/mol. The Morgan fingerprint density at radius 2 is 1.90 bits per heavy atom. The van der Waals surface area contributed by atoms with Crippen molar-refractivity contribution in [2.45, 2.75) is 20.8 Å². The molecule has 0 saturated heterocycles. The molecule has 0 spiro atoms. The number of ether oxygens (including phenoxy) is 1. The fourth-order valence-electron chi connectivity index (χ4n) is 2.69. The summed E-state index contributed by atoms with van der Waals surface area (Å²) in [5, 5.41) is 0. The highest BCUT2D eigenvalue weighted by Crippen LogP contribution is 2.33. The third kappa shape index (κ3) is 1.95. The molecule has 1 aromatic carbocycles. The van der Waals surface area contributed by atoms with Gasteiger partial charge in [-0.1, -0.05) is 12.1 Å². The molecule has 0 aliphatic heterocycles. The maximum atomic E-state index is 5.56. The molecule has 0 unspecified atom stereocenters. The average Bonchev–Trinajstić information content (AvgIpc) is 2.83. The molecule has 0 fully saturated rings. The number of pyridine rings is 1. The number of hydrogen-bond acceptors (Lipinski definition) is 2. The van der Waals surface area contributed by atoms with Crippen molar-refractivity contribution >= 4 is 5.65 Å². The summed E-state index contributed by atoms with van der Waals surface area (Å²) in [5.41, 5.74) is 6.48. The third-order valence-electron chi connectivity index (χ3n) is 3.59. The largest absolute Gasteiger partial charge is 0.496 e. The lowest BCUT2D eigenvalue weighted by molar-refractivity contribution is 0.413. The van der Waals surface area contributed by atoms with Gasteiger partial charge in [-0.25, -0.2) is 4.98 Å². The van der Waals surface area contributed by atoms with Crippen LogP contribution in [0.15, 0.2) is 36.5 Å². The number of fused-ring (bicyclic) bond motifs is 1. The van der Waals surface area contributed by atoms with Gasteiger partial charge in [-0.05, 0) is 50.1 Å². The summed E-state index contributed by atoms with van der Waals surface area (Å²) in [6, 6.07) is 10.4. The number of aryl methyl sites for hydroxylation is 3. The van der Waals surface area contributed by atoms with E-state index in [0.29, 0.717) is 0 Å². The molecule has 0 aliphatic rings. The lowest BCUT2D eigenvalue weighted by Gasteiger charge is -2.10. The van der Waals surface area contributed by atoms with E-state index in [9.17, 15) is 0 Å². The second kappa shape index (κ2) is 4.67. The standard InChI is InChI=1S/C17H18N2O/c1-11-8-12(2)17(20-4)14(9-11)15-10-19-13(3)6-5-7-16(19)18-15/h5-10H,1-4H3. The molecule has 3 nitrogen and oxygen atoms in total. The predicted octanol–water partition coefficient (Wildman–Crippen LogP) is 3.94. The van der Waals surface area contributed by atoms with Crippen LogP contribution in [-0.2, 0) is 0 Å². The van der Waals surface area contributed by atoms with E-state index in [1.807, 2.05) is 12.1 Å². The van der Waals surface area contributed by atoms with Crippen LogP contribution in [0.5, 0.6) is 5.75 Å². The third-order valence-corrected chi connectivity index (χ3v) is 3.59. The maximum absolute atomic E-state index is 5.56. The number of methoxy groups -OCH3 is 1. The summed E-state index contributed by atoms with van der Waals surface area (Å²) >= 11 is 0. The van der Waals surface area contributed by atoms with Gasteiger partial charge in [-0.15, -0.1) is 0 Å². The normalized spacial score (nSPS) is 11.0. The van der Waals surface area contributed by atoms with E-state index < -0.39 is 0 Å². The van der Waals surface area contributed by atoms with Crippen molar-refractivity contribution in [3.63, 3.8) is 0 Å². The Balaban J connectivity index is 2.28. The van der Waals surface area contributed by atoms with Gasteiger partial charge in [0.2, 0.25) is 0 Å². The van der Waals surface area contributed by atoms with Crippen LogP contribution in [0.2, 0.25) is 0 Å². The molecule has 2 aromatic heterocycles. The summed E-state index contributed by atoms with van der Waals surface area (Å²) in [6.45, 7) is 6.24. The average molecular weight is 266 g/mol. The van der Waals surface area contributed by atoms with Crippen molar-refractivity contribution in [2.75, 3.05) is 7.11 Å². The zero-order valence-electron chi connectivity index (χ0n) is 12.3. The Kier molecular flexibility index (Phi) is 2.97. The Bertz CT molecular complexity index is 787. The van der Waals surface area contributed by atoms with Crippen molar-refractivity contribution in [1.82, 2.24) is 9.38 Å². The fraction of sp³-hybridized carbons (Fsp3) is 0.235. The lowest BCUT2D eigenvalue weighted by atomic mass is 10.0. The smallest absolute Gasteiger partial charge is 0.137 e. The molecule has 2 heterocycles. The number of nitrogens with zero attached hydrogens (tertiary/aromatic N) is 2. The van der Waals surface area contributed by atoms with Gasteiger partial charge in [0.15, 0.2) is 0 Å². The molecule has 0 saturated carbocycles. The van der Waals surface area contributed by atoms with Gasteiger partial charge in [0.05, 0.1) is 12.8 Å². The van der Waals surface area contributed by atoms with Crippen LogP contribution in [0, 0.1) is 20.8 Å². The molecule has 0 aliphatic carbocycles. The Labute approximate surface area is 118 Å². The quantitative estimate of drug-likeness (QED) is 0.702. The first-order chi connectivity index (χ1) is 9.60. The van der Waals surface area contributed by atoms with Gasteiger partial charge in [-0.3, -0.25) is 0 Å². The van der Waals surface area contributed by atoms with Gasteiger partial charge in [-0.2, -0.15) is 0 Å². The Morgan fingerprint density at radius 1 is 1.10 bits per heavy atom. The van der Waals surface area contributed by atoms with Crippen molar-refractivity contribution in [2.24, 2.45) is 0 Å². The highest BCUT2D eigenvalue weighted by molar-refractivity contribution is 5.72. The van der Waals surface area contributed by atoms with Gasteiger partial charge in [0.25, 0.3) is 0 Å². The van der Waals surface area contributed by atoms with Crippen LogP contribution >= 0.6 is 0 Å². The maximum Gasteiger partial charge on any atom is 0.137 e. The van der Waals surface area contributed by atoms with Crippen LogP contribution < -0.4 is 4.74 Å². The number of aromatic nitrogens is 2. The van der Waals surface area contributed by atoms with Crippen LogP contribution in [0.4, 0.5) is 0 Å².